The van der Waals surface area contributed by atoms with Gasteiger partial charge in [0.2, 0.25) is 10.0 Å². The Balaban J connectivity index is 2.14. The summed E-state index contributed by atoms with van der Waals surface area (Å²) in [6, 6.07) is 9.17. The highest BCUT2D eigenvalue weighted by molar-refractivity contribution is 7.92. The Morgan fingerprint density at radius 1 is 1.14 bits per heavy atom. The lowest BCUT2D eigenvalue weighted by molar-refractivity contribution is 0.102. The molecule has 0 unspecified atom stereocenters. The number of hydrogen-bond donors (Lipinski definition) is 2. The van der Waals surface area contributed by atoms with Gasteiger partial charge in [0.25, 0.3) is 5.91 Å². The first-order valence-corrected chi connectivity index (χ1v) is 7.99. The van der Waals surface area contributed by atoms with Crippen molar-refractivity contribution in [3.8, 4) is 0 Å². The van der Waals surface area contributed by atoms with Gasteiger partial charge in [-0.25, -0.2) is 8.42 Å². The maximum absolute atomic E-state index is 11.9. The van der Waals surface area contributed by atoms with Crippen molar-refractivity contribution in [3.05, 3.63) is 47.2 Å². The highest BCUT2D eigenvalue weighted by atomic mass is 35.5. The molecule has 0 spiro atoms. The van der Waals surface area contributed by atoms with Crippen LogP contribution in [0.5, 0.6) is 0 Å². The summed E-state index contributed by atoms with van der Waals surface area (Å²) in [7, 11) is -3.38. The van der Waals surface area contributed by atoms with Crippen LogP contribution in [0.1, 0.15) is 10.5 Å². The number of hydrogen-bond acceptors (Lipinski definition) is 5. The molecular weight excluding hydrogens is 316 g/mol. The summed E-state index contributed by atoms with van der Waals surface area (Å²) in [6.45, 7) is 0. The zero-order valence-corrected chi connectivity index (χ0v) is 12.4. The van der Waals surface area contributed by atoms with E-state index in [9.17, 15) is 13.2 Å². The number of rotatable bonds is 4. The van der Waals surface area contributed by atoms with Crippen LogP contribution in [0.25, 0.3) is 0 Å². The topological polar surface area (TPSA) is 101 Å². The Labute approximate surface area is 126 Å². The van der Waals surface area contributed by atoms with Crippen LogP contribution in [0.4, 0.5) is 11.4 Å². The van der Waals surface area contributed by atoms with E-state index < -0.39 is 15.9 Å². The lowest BCUT2D eigenvalue weighted by atomic mass is 10.2. The van der Waals surface area contributed by atoms with Gasteiger partial charge in [0.15, 0.2) is 10.8 Å². The molecule has 1 aromatic carbocycles. The van der Waals surface area contributed by atoms with Crippen molar-refractivity contribution in [1.29, 1.82) is 0 Å². The molecule has 110 valence electrons. The van der Waals surface area contributed by atoms with Crippen molar-refractivity contribution in [1.82, 2.24) is 10.2 Å². The fraction of sp³-hybridized carbons (Fsp3) is 0.0833. The van der Waals surface area contributed by atoms with E-state index >= 15 is 0 Å². The Bertz CT molecular complexity index is 762. The third-order valence-electron chi connectivity index (χ3n) is 2.29. The highest BCUT2D eigenvalue weighted by Gasteiger charge is 2.09. The molecular formula is C12H11ClN4O3S. The summed E-state index contributed by atoms with van der Waals surface area (Å²) in [5, 5.41) is 9.99. The van der Waals surface area contributed by atoms with Crippen molar-refractivity contribution in [2.75, 3.05) is 16.3 Å². The summed E-state index contributed by atoms with van der Waals surface area (Å²) in [6.07, 6.45) is 1.04. The third kappa shape index (κ3) is 4.69. The highest BCUT2D eigenvalue weighted by Crippen LogP contribution is 2.16. The van der Waals surface area contributed by atoms with Crippen LogP contribution in [0.15, 0.2) is 36.4 Å². The van der Waals surface area contributed by atoms with Crippen LogP contribution in [0.3, 0.4) is 0 Å². The number of sulfonamides is 1. The smallest absolute Gasteiger partial charge is 0.276 e. The SMILES string of the molecule is CS(=O)(=O)Nc1cccc(NC(=O)c2ccc(Cl)nn2)c1. The van der Waals surface area contributed by atoms with E-state index in [4.69, 9.17) is 11.6 Å². The van der Waals surface area contributed by atoms with Crippen LogP contribution in [-0.2, 0) is 10.0 Å². The van der Waals surface area contributed by atoms with Crippen molar-refractivity contribution < 1.29 is 13.2 Å². The number of carbonyl (C=O) groups excluding carboxylic acids is 1. The van der Waals surface area contributed by atoms with Crippen molar-refractivity contribution in [3.63, 3.8) is 0 Å². The monoisotopic (exact) mass is 326 g/mol. The molecule has 0 saturated heterocycles. The lowest BCUT2D eigenvalue weighted by Crippen LogP contribution is -2.15. The van der Waals surface area contributed by atoms with Crippen molar-refractivity contribution in [2.45, 2.75) is 0 Å². The Hall–Kier alpha value is -2.19. The minimum Gasteiger partial charge on any atom is -0.321 e. The number of amides is 1. The molecule has 1 amide bonds. The second kappa shape index (κ2) is 6.06. The summed E-state index contributed by atoms with van der Waals surface area (Å²) >= 11 is 5.59. The van der Waals surface area contributed by atoms with E-state index in [-0.39, 0.29) is 10.8 Å². The van der Waals surface area contributed by atoms with Gasteiger partial charge in [-0.1, -0.05) is 17.7 Å². The number of nitrogens with one attached hydrogen (secondary N) is 2. The zero-order valence-electron chi connectivity index (χ0n) is 10.9. The molecule has 2 N–H and O–H groups in total. The molecule has 0 atom stereocenters. The Morgan fingerprint density at radius 2 is 1.86 bits per heavy atom. The van der Waals surface area contributed by atoms with Gasteiger partial charge in [0.05, 0.1) is 11.9 Å². The van der Waals surface area contributed by atoms with E-state index in [1.54, 1.807) is 18.2 Å². The average Bonchev–Trinajstić information content (AvgIpc) is 2.37. The molecule has 0 aliphatic carbocycles. The summed E-state index contributed by atoms with van der Waals surface area (Å²) in [5.74, 6) is -0.476. The number of halogens is 1. The molecule has 0 radical (unpaired) electrons. The Morgan fingerprint density at radius 3 is 2.48 bits per heavy atom. The molecule has 1 aromatic heterocycles. The minimum absolute atomic E-state index is 0.0980. The van der Waals surface area contributed by atoms with Crippen LogP contribution in [0, 0.1) is 0 Å². The van der Waals surface area contributed by atoms with E-state index in [1.807, 2.05) is 0 Å². The van der Waals surface area contributed by atoms with Crippen LogP contribution < -0.4 is 10.0 Å². The molecule has 0 aliphatic heterocycles. The standard InChI is InChI=1S/C12H11ClN4O3S/c1-21(19,20)17-9-4-2-3-8(7-9)14-12(18)10-5-6-11(13)16-15-10/h2-7,17H,1H3,(H,14,18). The summed E-state index contributed by atoms with van der Waals surface area (Å²) < 4.78 is 24.6. The maximum atomic E-state index is 11.9. The van der Waals surface area contributed by atoms with Crippen molar-refractivity contribution >= 4 is 38.9 Å². The molecule has 0 aliphatic rings. The predicted octanol–water partition coefficient (Wildman–Crippen LogP) is 1.75. The first-order chi connectivity index (χ1) is 9.83. The van der Waals surface area contributed by atoms with Gasteiger partial charge in [-0.15, -0.1) is 10.2 Å². The van der Waals surface area contributed by atoms with E-state index in [0.29, 0.717) is 11.4 Å². The van der Waals surface area contributed by atoms with Crippen molar-refractivity contribution in [2.24, 2.45) is 0 Å². The maximum Gasteiger partial charge on any atom is 0.276 e. The first-order valence-electron chi connectivity index (χ1n) is 5.72. The molecule has 21 heavy (non-hydrogen) atoms. The molecule has 0 saturated carbocycles. The number of aromatic nitrogens is 2. The van der Waals surface area contributed by atoms with Gasteiger partial charge >= 0.3 is 0 Å². The molecule has 0 bridgehead atoms. The molecule has 9 heteroatoms. The third-order valence-corrected chi connectivity index (χ3v) is 3.10. The molecule has 7 nitrogen and oxygen atoms in total. The molecule has 2 aromatic rings. The molecule has 1 heterocycles. The molecule has 0 fully saturated rings. The number of carbonyl (C=O) groups is 1. The van der Waals surface area contributed by atoms with Gasteiger partial charge in [-0.3, -0.25) is 9.52 Å². The number of nitrogens with zero attached hydrogens (tertiary/aromatic N) is 2. The lowest BCUT2D eigenvalue weighted by Gasteiger charge is -2.07. The fourth-order valence-electron chi connectivity index (χ4n) is 1.51. The second-order valence-electron chi connectivity index (χ2n) is 4.15. The van der Waals surface area contributed by atoms with Crippen LogP contribution in [0.2, 0.25) is 5.15 Å². The second-order valence-corrected chi connectivity index (χ2v) is 6.29. The summed E-state index contributed by atoms with van der Waals surface area (Å²) in [5.41, 5.74) is 0.865. The minimum atomic E-state index is -3.38. The van der Waals surface area contributed by atoms with E-state index in [0.717, 1.165) is 6.26 Å². The van der Waals surface area contributed by atoms with Gasteiger partial charge in [0, 0.05) is 5.69 Å². The largest absolute Gasteiger partial charge is 0.321 e. The quantitative estimate of drug-likeness (QED) is 0.891. The van der Waals surface area contributed by atoms with E-state index in [2.05, 4.69) is 20.2 Å². The zero-order chi connectivity index (χ0) is 15.5. The van der Waals surface area contributed by atoms with Gasteiger partial charge in [0.1, 0.15) is 0 Å². The first kappa shape index (κ1) is 15.2. The Kier molecular flexibility index (Phi) is 4.39. The van der Waals surface area contributed by atoms with Gasteiger partial charge < -0.3 is 5.32 Å². The predicted molar refractivity (Wildman–Crippen MR) is 79.9 cm³/mol. The van der Waals surface area contributed by atoms with Gasteiger partial charge in [-0.05, 0) is 30.3 Å². The van der Waals surface area contributed by atoms with Gasteiger partial charge in [-0.2, -0.15) is 0 Å². The number of benzene rings is 1. The fourth-order valence-corrected chi connectivity index (χ4v) is 2.16. The van der Waals surface area contributed by atoms with E-state index in [1.165, 1.54) is 18.2 Å². The molecule has 2 rings (SSSR count). The normalized spacial score (nSPS) is 11.0. The van der Waals surface area contributed by atoms with Crippen LogP contribution >= 0.6 is 11.6 Å². The van der Waals surface area contributed by atoms with Crippen LogP contribution in [-0.4, -0.2) is 30.8 Å². The average molecular weight is 327 g/mol. The summed E-state index contributed by atoms with van der Waals surface area (Å²) in [4.78, 5) is 11.9. The number of anilines is 2.